The SMILES string of the molecule is Cc1cc(C)c(C)c(S(=O)(=O)N2CCC(C(=O)OC(C)C(=O)c3cccc(Cl)c3)CC2)c1C. The first kappa shape index (κ1) is 25.4. The van der Waals surface area contributed by atoms with Crippen molar-refractivity contribution >= 4 is 33.4 Å². The summed E-state index contributed by atoms with van der Waals surface area (Å²) in [6.07, 6.45) is -0.253. The summed E-state index contributed by atoms with van der Waals surface area (Å²) in [4.78, 5) is 25.6. The van der Waals surface area contributed by atoms with Crippen LogP contribution in [0, 0.1) is 33.6 Å². The van der Waals surface area contributed by atoms with E-state index in [9.17, 15) is 18.0 Å². The Bertz CT molecular complexity index is 1160. The van der Waals surface area contributed by atoms with Crippen LogP contribution in [0.2, 0.25) is 5.02 Å². The maximum atomic E-state index is 13.4. The number of Topliss-reactive ketones (excluding diaryl/α,β-unsaturated/α-hetero) is 1. The van der Waals surface area contributed by atoms with Crippen LogP contribution in [0.4, 0.5) is 0 Å². The Morgan fingerprint density at radius 1 is 1.03 bits per heavy atom. The molecule has 0 bridgehead atoms. The van der Waals surface area contributed by atoms with Gasteiger partial charge in [0.15, 0.2) is 6.10 Å². The molecule has 2 aromatic rings. The standard InChI is InChI=1S/C25H30ClNO5S/c1-15-13-16(2)18(4)24(17(15)3)33(30,31)27-11-9-20(10-12-27)25(29)32-19(5)23(28)21-7-6-8-22(26)14-21/h6-8,13-14,19-20H,9-12H2,1-5H3. The first-order valence-electron chi connectivity index (χ1n) is 11.0. The molecule has 1 aliphatic heterocycles. The fourth-order valence-corrected chi connectivity index (χ4v) is 6.46. The lowest BCUT2D eigenvalue weighted by molar-refractivity contribution is -0.152. The van der Waals surface area contributed by atoms with E-state index in [2.05, 4.69) is 0 Å². The van der Waals surface area contributed by atoms with Crippen LogP contribution in [-0.4, -0.2) is 43.7 Å². The van der Waals surface area contributed by atoms with Crippen molar-refractivity contribution in [3.05, 3.63) is 63.2 Å². The number of nitrogens with zero attached hydrogens (tertiary/aromatic N) is 1. The predicted octanol–water partition coefficient (Wildman–Crippen LogP) is 4.79. The molecule has 33 heavy (non-hydrogen) atoms. The Hall–Kier alpha value is -2.22. The molecule has 1 atom stereocenters. The number of piperidine rings is 1. The highest BCUT2D eigenvalue weighted by Crippen LogP contribution is 2.31. The number of sulfonamides is 1. The fraction of sp³-hybridized carbons (Fsp3) is 0.440. The van der Waals surface area contributed by atoms with E-state index < -0.39 is 28.0 Å². The van der Waals surface area contributed by atoms with Gasteiger partial charge in [0, 0.05) is 23.7 Å². The fourth-order valence-electron chi connectivity index (χ4n) is 4.23. The van der Waals surface area contributed by atoms with E-state index in [-0.39, 0.29) is 18.9 Å². The van der Waals surface area contributed by atoms with Gasteiger partial charge in [-0.15, -0.1) is 0 Å². The van der Waals surface area contributed by atoms with Crippen molar-refractivity contribution in [2.24, 2.45) is 5.92 Å². The van der Waals surface area contributed by atoms with Crippen molar-refractivity contribution < 1.29 is 22.7 Å². The van der Waals surface area contributed by atoms with E-state index in [1.54, 1.807) is 18.2 Å². The minimum absolute atomic E-state index is 0.227. The molecular formula is C25H30ClNO5S. The molecule has 0 spiro atoms. The second kappa shape index (κ2) is 9.95. The van der Waals surface area contributed by atoms with Crippen LogP contribution in [0.25, 0.3) is 0 Å². The second-order valence-corrected chi connectivity index (χ2v) is 11.0. The zero-order valence-electron chi connectivity index (χ0n) is 19.6. The summed E-state index contributed by atoms with van der Waals surface area (Å²) in [5, 5.41) is 0.433. The smallest absolute Gasteiger partial charge is 0.309 e. The number of ether oxygens (including phenoxy) is 1. The Balaban J connectivity index is 1.66. The van der Waals surface area contributed by atoms with Crippen molar-refractivity contribution in [3.63, 3.8) is 0 Å². The first-order chi connectivity index (χ1) is 15.4. The van der Waals surface area contributed by atoms with Gasteiger partial charge < -0.3 is 4.74 Å². The largest absolute Gasteiger partial charge is 0.454 e. The quantitative estimate of drug-likeness (QED) is 0.428. The monoisotopic (exact) mass is 491 g/mol. The topological polar surface area (TPSA) is 80.8 Å². The van der Waals surface area contributed by atoms with Gasteiger partial charge in [-0.2, -0.15) is 4.31 Å². The molecule has 6 nitrogen and oxygen atoms in total. The van der Waals surface area contributed by atoms with Crippen molar-refractivity contribution in [1.29, 1.82) is 0 Å². The third-order valence-electron chi connectivity index (χ3n) is 6.45. The lowest BCUT2D eigenvalue weighted by Crippen LogP contribution is -2.41. The van der Waals surface area contributed by atoms with Crippen LogP contribution in [0.15, 0.2) is 35.2 Å². The maximum absolute atomic E-state index is 13.4. The zero-order chi connectivity index (χ0) is 24.5. The van der Waals surface area contributed by atoms with Crippen molar-refractivity contribution in [3.8, 4) is 0 Å². The molecule has 0 aliphatic carbocycles. The third-order valence-corrected chi connectivity index (χ3v) is 8.86. The molecule has 1 fully saturated rings. The number of hydrogen-bond donors (Lipinski definition) is 0. The minimum Gasteiger partial charge on any atom is -0.454 e. The predicted molar refractivity (Wildman–Crippen MR) is 128 cm³/mol. The number of carbonyl (C=O) groups excluding carboxylic acids is 2. The molecule has 0 N–H and O–H groups in total. The molecule has 1 heterocycles. The van der Waals surface area contributed by atoms with Crippen LogP contribution in [0.1, 0.15) is 52.4 Å². The lowest BCUT2D eigenvalue weighted by Gasteiger charge is -2.31. The van der Waals surface area contributed by atoms with Gasteiger partial charge in [-0.1, -0.05) is 29.8 Å². The summed E-state index contributed by atoms with van der Waals surface area (Å²) in [5.41, 5.74) is 3.77. The number of aryl methyl sites for hydroxylation is 2. The molecule has 0 saturated carbocycles. The van der Waals surface area contributed by atoms with E-state index >= 15 is 0 Å². The molecule has 1 aliphatic rings. The van der Waals surface area contributed by atoms with Gasteiger partial charge in [-0.3, -0.25) is 9.59 Å². The van der Waals surface area contributed by atoms with E-state index in [0.717, 1.165) is 22.3 Å². The number of hydrogen-bond acceptors (Lipinski definition) is 5. The summed E-state index contributed by atoms with van der Waals surface area (Å²) in [7, 11) is -3.68. The van der Waals surface area contributed by atoms with E-state index in [0.29, 0.717) is 28.3 Å². The highest BCUT2D eigenvalue weighted by Gasteiger charge is 2.35. The summed E-state index contributed by atoms with van der Waals surface area (Å²) >= 11 is 5.94. The van der Waals surface area contributed by atoms with Crippen LogP contribution in [-0.2, 0) is 19.6 Å². The van der Waals surface area contributed by atoms with Gasteiger partial charge in [-0.25, -0.2) is 8.42 Å². The maximum Gasteiger partial charge on any atom is 0.309 e. The summed E-state index contributed by atoms with van der Waals surface area (Å²) in [6, 6.07) is 8.49. The van der Waals surface area contributed by atoms with Gasteiger partial charge in [-0.05, 0) is 81.8 Å². The molecule has 3 rings (SSSR count). The summed E-state index contributed by atoms with van der Waals surface area (Å²) < 4.78 is 33.7. The third kappa shape index (κ3) is 5.31. The highest BCUT2D eigenvalue weighted by atomic mass is 35.5. The molecule has 8 heteroatoms. The number of ketones is 1. The number of esters is 1. The Morgan fingerprint density at radius 2 is 1.61 bits per heavy atom. The van der Waals surface area contributed by atoms with E-state index in [1.165, 1.54) is 17.3 Å². The van der Waals surface area contributed by atoms with Crippen molar-refractivity contribution in [1.82, 2.24) is 4.31 Å². The lowest BCUT2D eigenvalue weighted by atomic mass is 9.98. The Kier molecular flexibility index (Phi) is 7.66. The van der Waals surface area contributed by atoms with Crippen LogP contribution in [0.5, 0.6) is 0 Å². The molecule has 0 amide bonds. The van der Waals surface area contributed by atoms with Crippen molar-refractivity contribution in [2.75, 3.05) is 13.1 Å². The summed E-state index contributed by atoms with van der Waals surface area (Å²) in [6.45, 7) is 9.47. The number of halogens is 1. The highest BCUT2D eigenvalue weighted by molar-refractivity contribution is 7.89. The van der Waals surface area contributed by atoms with Gasteiger partial charge in [0.2, 0.25) is 15.8 Å². The van der Waals surface area contributed by atoms with Gasteiger partial charge in [0.25, 0.3) is 0 Å². The molecule has 0 radical (unpaired) electrons. The van der Waals surface area contributed by atoms with E-state index in [1.807, 2.05) is 33.8 Å². The number of carbonyl (C=O) groups is 2. The first-order valence-corrected chi connectivity index (χ1v) is 12.8. The van der Waals surface area contributed by atoms with Crippen LogP contribution in [0.3, 0.4) is 0 Å². The van der Waals surface area contributed by atoms with E-state index in [4.69, 9.17) is 16.3 Å². The van der Waals surface area contributed by atoms with Gasteiger partial charge >= 0.3 is 5.97 Å². The molecule has 2 aromatic carbocycles. The molecule has 0 aromatic heterocycles. The molecule has 1 saturated heterocycles. The molecular weight excluding hydrogens is 462 g/mol. The van der Waals surface area contributed by atoms with Crippen LogP contribution < -0.4 is 0 Å². The average Bonchev–Trinajstić information content (AvgIpc) is 2.77. The zero-order valence-corrected chi connectivity index (χ0v) is 21.2. The Labute approximate surface area is 200 Å². The Morgan fingerprint density at radius 3 is 2.15 bits per heavy atom. The van der Waals surface area contributed by atoms with Crippen molar-refractivity contribution in [2.45, 2.75) is 58.5 Å². The average molecular weight is 492 g/mol. The normalized spacial score (nSPS) is 16.4. The summed E-state index contributed by atoms with van der Waals surface area (Å²) in [5.74, 6) is -1.26. The van der Waals surface area contributed by atoms with Gasteiger partial charge in [0.1, 0.15) is 0 Å². The van der Waals surface area contributed by atoms with Gasteiger partial charge in [0.05, 0.1) is 10.8 Å². The second-order valence-electron chi connectivity index (χ2n) is 8.72. The minimum atomic E-state index is -3.68. The number of benzene rings is 2. The molecule has 178 valence electrons. The number of rotatable bonds is 6. The van der Waals surface area contributed by atoms with Crippen LogP contribution >= 0.6 is 11.6 Å². The molecule has 1 unspecified atom stereocenters.